The van der Waals surface area contributed by atoms with Crippen molar-refractivity contribution in [3.63, 3.8) is 0 Å². The van der Waals surface area contributed by atoms with E-state index in [1.54, 1.807) is 18.2 Å². The number of benzene rings is 2. The molecule has 0 aliphatic rings. The lowest BCUT2D eigenvalue weighted by atomic mass is 10.2. The van der Waals surface area contributed by atoms with Gasteiger partial charge in [-0.3, -0.25) is 0 Å². The lowest BCUT2D eigenvalue weighted by Gasteiger charge is -2.10. The van der Waals surface area contributed by atoms with E-state index in [4.69, 9.17) is 17.3 Å². The Labute approximate surface area is 112 Å². The molecule has 0 saturated carbocycles. The van der Waals surface area contributed by atoms with E-state index in [-0.39, 0.29) is 5.82 Å². The van der Waals surface area contributed by atoms with Crippen LogP contribution in [0.25, 0.3) is 0 Å². The van der Waals surface area contributed by atoms with Crippen molar-refractivity contribution >= 4 is 44.6 Å². The third kappa shape index (κ3) is 2.90. The SMILES string of the molecule is Nc1ccc(F)cc1Nc1ccc(Cl)c(Br)c1. The Bertz CT molecular complexity index is 560. The standard InChI is InChI=1S/C12H9BrClFN2/c13-9-6-8(2-3-10(9)14)17-12-5-7(15)1-4-11(12)16/h1-6,17H,16H2. The summed E-state index contributed by atoms with van der Waals surface area (Å²) in [5, 5.41) is 3.64. The maximum Gasteiger partial charge on any atom is 0.125 e. The van der Waals surface area contributed by atoms with Crippen LogP contribution in [0.3, 0.4) is 0 Å². The van der Waals surface area contributed by atoms with E-state index >= 15 is 0 Å². The Morgan fingerprint density at radius 1 is 1.18 bits per heavy atom. The first-order chi connectivity index (χ1) is 8.06. The molecule has 2 aromatic rings. The minimum Gasteiger partial charge on any atom is -0.397 e. The van der Waals surface area contributed by atoms with Crippen molar-refractivity contribution in [1.82, 2.24) is 0 Å². The second-order valence-electron chi connectivity index (χ2n) is 3.49. The predicted molar refractivity (Wildman–Crippen MR) is 73.2 cm³/mol. The minimum atomic E-state index is -0.338. The molecule has 0 unspecified atom stereocenters. The van der Waals surface area contributed by atoms with Crippen LogP contribution in [-0.2, 0) is 0 Å². The quantitative estimate of drug-likeness (QED) is 0.797. The van der Waals surface area contributed by atoms with E-state index in [0.29, 0.717) is 16.4 Å². The number of hydrogen-bond donors (Lipinski definition) is 2. The van der Waals surface area contributed by atoms with E-state index in [1.165, 1.54) is 18.2 Å². The maximum atomic E-state index is 13.1. The molecule has 2 rings (SSSR count). The number of anilines is 3. The number of nitrogen functional groups attached to an aromatic ring is 1. The minimum absolute atomic E-state index is 0.338. The van der Waals surface area contributed by atoms with Crippen LogP contribution in [0, 0.1) is 5.82 Å². The van der Waals surface area contributed by atoms with Gasteiger partial charge in [-0.15, -0.1) is 0 Å². The Balaban J connectivity index is 2.31. The molecular formula is C12H9BrClFN2. The molecule has 0 radical (unpaired) electrons. The molecule has 0 aliphatic carbocycles. The molecule has 17 heavy (non-hydrogen) atoms. The number of halogens is 3. The van der Waals surface area contributed by atoms with E-state index in [9.17, 15) is 4.39 Å². The molecule has 88 valence electrons. The summed E-state index contributed by atoms with van der Waals surface area (Å²) in [7, 11) is 0. The number of nitrogens with two attached hydrogens (primary N) is 1. The molecule has 2 aromatic carbocycles. The van der Waals surface area contributed by atoms with E-state index < -0.39 is 0 Å². The van der Waals surface area contributed by atoms with Gasteiger partial charge < -0.3 is 11.1 Å². The molecule has 0 spiro atoms. The number of hydrogen-bond acceptors (Lipinski definition) is 2. The van der Waals surface area contributed by atoms with Gasteiger partial charge in [0.2, 0.25) is 0 Å². The first-order valence-electron chi connectivity index (χ1n) is 4.83. The first kappa shape index (κ1) is 12.2. The highest BCUT2D eigenvalue weighted by Gasteiger charge is 2.03. The maximum absolute atomic E-state index is 13.1. The lowest BCUT2D eigenvalue weighted by Crippen LogP contribution is -1.97. The topological polar surface area (TPSA) is 38.0 Å². The summed E-state index contributed by atoms with van der Waals surface area (Å²) < 4.78 is 13.8. The fourth-order valence-corrected chi connectivity index (χ4v) is 1.86. The van der Waals surface area contributed by atoms with Gasteiger partial charge in [0, 0.05) is 10.2 Å². The summed E-state index contributed by atoms with van der Waals surface area (Å²) in [6.07, 6.45) is 0. The Hall–Kier alpha value is -1.26. The highest BCUT2D eigenvalue weighted by molar-refractivity contribution is 9.10. The average molecular weight is 316 g/mol. The molecule has 0 aromatic heterocycles. The molecule has 5 heteroatoms. The van der Waals surface area contributed by atoms with Gasteiger partial charge in [-0.2, -0.15) is 0 Å². The van der Waals surface area contributed by atoms with Crippen LogP contribution in [0.5, 0.6) is 0 Å². The van der Waals surface area contributed by atoms with Gasteiger partial charge in [-0.05, 0) is 52.3 Å². The zero-order valence-electron chi connectivity index (χ0n) is 8.68. The summed E-state index contributed by atoms with van der Waals surface area (Å²) in [4.78, 5) is 0. The Kier molecular flexibility index (Phi) is 3.54. The van der Waals surface area contributed by atoms with E-state index in [1.807, 2.05) is 0 Å². The van der Waals surface area contributed by atoms with Crippen molar-refractivity contribution in [1.29, 1.82) is 0 Å². The second-order valence-corrected chi connectivity index (χ2v) is 4.75. The van der Waals surface area contributed by atoms with Crippen molar-refractivity contribution < 1.29 is 4.39 Å². The van der Waals surface area contributed by atoms with Gasteiger partial charge in [0.15, 0.2) is 0 Å². The van der Waals surface area contributed by atoms with Crippen LogP contribution < -0.4 is 11.1 Å². The van der Waals surface area contributed by atoms with Crippen molar-refractivity contribution in [2.45, 2.75) is 0 Å². The van der Waals surface area contributed by atoms with Gasteiger partial charge in [0.25, 0.3) is 0 Å². The Morgan fingerprint density at radius 3 is 2.65 bits per heavy atom. The largest absolute Gasteiger partial charge is 0.397 e. The average Bonchev–Trinajstić information content (AvgIpc) is 2.29. The van der Waals surface area contributed by atoms with Crippen LogP contribution in [0.1, 0.15) is 0 Å². The number of rotatable bonds is 2. The number of nitrogens with one attached hydrogen (secondary N) is 1. The van der Waals surface area contributed by atoms with Crippen LogP contribution in [0.15, 0.2) is 40.9 Å². The van der Waals surface area contributed by atoms with Gasteiger partial charge >= 0.3 is 0 Å². The molecule has 2 nitrogen and oxygen atoms in total. The summed E-state index contributed by atoms with van der Waals surface area (Å²) in [6, 6.07) is 9.51. The van der Waals surface area contributed by atoms with E-state index in [2.05, 4.69) is 21.2 Å². The summed E-state index contributed by atoms with van der Waals surface area (Å²) in [5.74, 6) is -0.338. The van der Waals surface area contributed by atoms with Crippen LogP contribution in [-0.4, -0.2) is 0 Å². The monoisotopic (exact) mass is 314 g/mol. The highest BCUT2D eigenvalue weighted by atomic mass is 79.9. The fourth-order valence-electron chi connectivity index (χ4n) is 1.37. The summed E-state index contributed by atoms with van der Waals surface area (Å²) in [5.41, 5.74) is 7.53. The fraction of sp³-hybridized carbons (Fsp3) is 0. The molecule has 0 bridgehead atoms. The first-order valence-corrected chi connectivity index (χ1v) is 6.00. The van der Waals surface area contributed by atoms with Crippen molar-refractivity contribution in [3.8, 4) is 0 Å². The van der Waals surface area contributed by atoms with Gasteiger partial charge in [0.1, 0.15) is 5.82 Å². The molecule has 0 heterocycles. The van der Waals surface area contributed by atoms with Crippen molar-refractivity contribution in [2.24, 2.45) is 0 Å². The normalized spacial score (nSPS) is 10.3. The van der Waals surface area contributed by atoms with E-state index in [0.717, 1.165) is 10.2 Å². The zero-order valence-corrected chi connectivity index (χ0v) is 11.0. The Morgan fingerprint density at radius 2 is 1.94 bits per heavy atom. The smallest absolute Gasteiger partial charge is 0.125 e. The molecule has 0 amide bonds. The summed E-state index contributed by atoms with van der Waals surface area (Å²) >= 11 is 9.20. The molecule has 0 saturated heterocycles. The third-order valence-corrected chi connectivity index (χ3v) is 3.43. The van der Waals surface area contributed by atoms with Crippen LogP contribution >= 0.6 is 27.5 Å². The van der Waals surface area contributed by atoms with Gasteiger partial charge in [0.05, 0.1) is 16.4 Å². The van der Waals surface area contributed by atoms with Crippen LogP contribution in [0.2, 0.25) is 5.02 Å². The van der Waals surface area contributed by atoms with Crippen molar-refractivity contribution in [2.75, 3.05) is 11.1 Å². The molecule has 3 N–H and O–H groups in total. The molecular weight excluding hydrogens is 307 g/mol. The molecule has 0 atom stereocenters. The van der Waals surface area contributed by atoms with Crippen LogP contribution in [0.4, 0.5) is 21.5 Å². The molecule has 0 aliphatic heterocycles. The second kappa shape index (κ2) is 4.94. The third-order valence-electron chi connectivity index (χ3n) is 2.21. The van der Waals surface area contributed by atoms with Gasteiger partial charge in [-0.25, -0.2) is 4.39 Å². The molecule has 0 fully saturated rings. The summed E-state index contributed by atoms with van der Waals surface area (Å²) in [6.45, 7) is 0. The zero-order chi connectivity index (χ0) is 12.4. The highest BCUT2D eigenvalue weighted by Crippen LogP contribution is 2.29. The van der Waals surface area contributed by atoms with Gasteiger partial charge in [-0.1, -0.05) is 11.6 Å². The van der Waals surface area contributed by atoms with Crippen molar-refractivity contribution in [3.05, 3.63) is 51.7 Å². The predicted octanol–water partition coefficient (Wildman–Crippen LogP) is 4.57. The lowest BCUT2D eigenvalue weighted by molar-refractivity contribution is 0.628.